The van der Waals surface area contributed by atoms with E-state index in [1.165, 1.54) is 7.11 Å². The Morgan fingerprint density at radius 1 is 1.27 bits per heavy atom. The number of ether oxygens (including phenoxy) is 3. The molecule has 0 aromatic heterocycles. The van der Waals surface area contributed by atoms with E-state index in [9.17, 15) is 19.2 Å². The number of hydrogen-bond donors (Lipinski definition) is 3. The molecule has 1 aromatic rings. The van der Waals surface area contributed by atoms with Gasteiger partial charge in [-0.1, -0.05) is 12.1 Å². The van der Waals surface area contributed by atoms with Crippen LogP contribution in [0.4, 0.5) is 10.5 Å². The number of nitrogens with one attached hydrogen (secondary N) is 3. The van der Waals surface area contributed by atoms with Crippen LogP contribution in [0, 0.1) is 0 Å². The summed E-state index contributed by atoms with van der Waals surface area (Å²) in [6.07, 6.45) is -1.43. The predicted molar refractivity (Wildman–Crippen MR) is 88.5 cm³/mol. The van der Waals surface area contributed by atoms with Crippen LogP contribution in [0.5, 0.6) is 5.75 Å². The first-order chi connectivity index (χ1) is 12.5. The molecule has 1 aromatic carbocycles. The topological polar surface area (TPSA) is 132 Å². The summed E-state index contributed by atoms with van der Waals surface area (Å²) < 4.78 is 14.9. The molecule has 0 radical (unpaired) electrons. The van der Waals surface area contributed by atoms with Crippen LogP contribution in [0.2, 0.25) is 0 Å². The zero-order valence-corrected chi connectivity index (χ0v) is 14.1. The third-order valence-corrected chi connectivity index (χ3v) is 3.27. The Balaban J connectivity index is 1.72. The summed E-state index contributed by atoms with van der Waals surface area (Å²) in [5, 5.41) is 6.98. The number of urea groups is 1. The number of methoxy groups -OCH3 is 1. The minimum atomic E-state index is -1.06. The number of hydrogen-bond acceptors (Lipinski definition) is 7. The SMILES string of the molecule is COCCNC(=O)NC(=O)COC(=O)CC1Oc2ccccc2NC1=O. The van der Waals surface area contributed by atoms with Crippen LogP contribution in [0.25, 0.3) is 0 Å². The van der Waals surface area contributed by atoms with Gasteiger partial charge >= 0.3 is 12.0 Å². The van der Waals surface area contributed by atoms with E-state index in [0.29, 0.717) is 18.0 Å². The van der Waals surface area contributed by atoms with Crippen LogP contribution in [0.1, 0.15) is 6.42 Å². The molecule has 1 aliphatic rings. The highest BCUT2D eigenvalue weighted by Crippen LogP contribution is 2.29. The summed E-state index contributed by atoms with van der Waals surface area (Å²) in [5.74, 6) is -1.65. The van der Waals surface area contributed by atoms with Crippen molar-refractivity contribution in [3.8, 4) is 5.75 Å². The fourth-order valence-corrected chi connectivity index (χ4v) is 2.06. The van der Waals surface area contributed by atoms with E-state index in [2.05, 4.69) is 10.6 Å². The van der Waals surface area contributed by atoms with Gasteiger partial charge in [0, 0.05) is 13.7 Å². The third kappa shape index (κ3) is 5.74. The van der Waals surface area contributed by atoms with Crippen molar-refractivity contribution in [2.24, 2.45) is 0 Å². The second kappa shape index (κ2) is 9.37. The van der Waals surface area contributed by atoms with E-state index in [4.69, 9.17) is 14.2 Å². The molecule has 1 atom stereocenters. The number of carbonyl (C=O) groups is 4. The van der Waals surface area contributed by atoms with Crippen molar-refractivity contribution in [3.63, 3.8) is 0 Å². The summed E-state index contributed by atoms with van der Waals surface area (Å²) in [5.41, 5.74) is 0.515. The molecule has 10 heteroatoms. The van der Waals surface area contributed by atoms with E-state index in [1.54, 1.807) is 24.3 Å². The van der Waals surface area contributed by atoms with Gasteiger partial charge in [0.15, 0.2) is 12.7 Å². The largest absolute Gasteiger partial charge is 0.478 e. The first-order valence-electron chi connectivity index (χ1n) is 7.78. The third-order valence-electron chi connectivity index (χ3n) is 3.27. The number of para-hydroxylation sites is 2. The smallest absolute Gasteiger partial charge is 0.321 e. The molecule has 1 heterocycles. The molecule has 2 rings (SSSR count). The van der Waals surface area contributed by atoms with E-state index in [0.717, 1.165) is 0 Å². The first kappa shape index (κ1) is 19.2. The molecule has 0 saturated carbocycles. The van der Waals surface area contributed by atoms with Gasteiger partial charge in [-0.05, 0) is 12.1 Å². The number of imide groups is 1. The Morgan fingerprint density at radius 3 is 2.81 bits per heavy atom. The van der Waals surface area contributed by atoms with E-state index < -0.39 is 36.5 Å². The number of benzene rings is 1. The number of esters is 1. The monoisotopic (exact) mass is 365 g/mol. The van der Waals surface area contributed by atoms with E-state index in [-0.39, 0.29) is 13.0 Å². The molecule has 3 N–H and O–H groups in total. The molecule has 1 aliphatic heterocycles. The minimum Gasteiger partial charge on any atom is -0.478 e. The molecular formula is C16H19N3O7. The van der Waals surface area contributed by atoms with Gasteiger partial charge in [0.25, 0.3) is 11.8 Å². The Labute approximate surface area is 149 Å². The first-order valence-corrected chi connectivity index (χ1v) is 7.78. The van der Waals surface area contributed by atoms with Crippen molar-refractivity contribution < 1.29 is 33.4 Å². The van der Waals surface area contributed by atoms with Gasteiger partial charge in [0.2, 0.25) is 0 Å². The summed E-state index contributed by atoms with van der Waals surface area (Å²) in [4.78, 5) is 46.6. The van der Waals surface area contributed by atoms with E-state index >= 15 is 0 Å². The van der Waals surface area contributed by atoms with Gasteiger partial charge in [-0.15, -0.1) is 0 Å². The lowest BCUT2D eigenvalue weighted by Gasteiger charge is -2.25. The van der Waals surface area contributed by atoms with Crippen LogP contribution in [-0.4, -0.2) is 56.8 Å². The molecule has 0 fully saturated rings. The maximum absolute atomic E-state index is 11.9. The maximum Gasteiger partial charge on any atom is 0.321 e. The van der Waals surface area contributed by atoms with Crippen molar-refractivity contribution in [3.05, 3.63) is 24.3 Å². The van der Waals surface area contributed by atoms with Crippen molar-refractivity contribution in [2.45, 2.75) is 12.5 Å². The van der Waals surface area contributed by atoms with Crippen LogP contribution < -0.4 is 20.7 Å². The highest BCUT2D eigenvalue weighted by atomic mass is 16.5. The highest BCUT2D eigenvalue weighted by Gasteiger charge is 2.30. The number of anilines is 1. The van der Waals surface area contributed by atoms with Gasteiger partial charge in [0.1, 0.15) is 5.75 Å². The number of carbonyl (C=O) groups excluding carboxylic acids is 4. The molecule has 0 bridgehead atoms. The van der Waals surface area contributed by atoms with Crippen LogP contribution >= 0.6 is 0 Å². The van der Waals surface area contributed by atoms with Crippen LogP contribution in [-0.2, 0) is 23.9 Å². The molecule has 140 valence electrons. The summed E-state index contributed by atoms with van der Waals surface area (Å²) in [6, 6.07) is 6.07. The van der Waals surface area contributed by atoms with Crippen molar-refractivity contribution in [1.29, 1.82) is 0 Å². The molecule has 26 heavy (non-hydrogen) atoms. The number of fused-ring (bicyclic) bond motifs is 1. The second-order valence-corrected chi connectivity index (χ2v) is 5.25. The van der Waals surface area contributed by atoms with Gasteiger partial charge in [-0.25, -0.2) is 4.79 Å². The quantitative estimate of drug-likeness (QED) is 0.450. The van der Waals surface area contributed by atoms with Gasteiger partial charge in [-0.3, -0.25) is 19.7 Å². The van der Waals surface area contributed by atoms with Crippen LogP contribution in [0.3, 0.4) is 0 Å². The lowest BCUT2D eigenvalue weighted by molar-refractivity contribution is -0.151. The maximum atomic E-state index is 11.9. The highest BCUT2D eigenvalue weighted by molar-refractivity contribution is 6.00. The summed E-state index contributed by atoms with van der Waals surface area (Å²) in [6.45, 7) is -0.129. The van der Waals surface area contributed by atoms with Crippen molar-refractivity contribution >= 4 is 29.5 Å². The van der Waals surface area contributed by atoms with Gasteiger partial charge < -0.3 is 24.8 Å². The fraction of sp³-hybridized carbons (Fsp3) is 0.375. The molecule has 0 spiro atoms. The molecule has 0 aliphatic carbocycles. The Bertz CT molecular complexity index is 692. The number of amides is 4. The Kier molecular flexibility index (Phi) is 6.92. The molecule has 0 saturated heterocycles. The summed E-state index contributed by atoms with van der Waals surface area (Å²) >= 11 is 0. The minimum absolute atomic E-state index is 0.227. The fourth-order valence-electron chi connectivity index (χ4n) is 2.06. The Morgan fingerprint density at radius 2 is 2.04 bits per heavy atom. The zero-order valence-electron chi connectivity index (χ0n) is 14.1. The van der Waals surface area contributed by atoms with Gasteiger partial charge in [0.05, 0.1) is 18.7 Å². The molecular weight excluding hydrogens is 346 g/mol. The summed E-state index contributed by atoms with van der Waals surface area (Å²) in [7, 11) is 1.47. The van der Waals surface area contributed by atoms with E-state index in [1.807, 2.05) is 5.32 Å². The Hall–Kier alpha value is -3.14. The van der Waals surface area contributed by atoms with Crippen LogP contribution in [0.15, 0.2) is 24.3 Å². The second-order valence-electron chi connectivity index (χ2n) is 5.25. The van der Waals surface area contributed by atoms with Crippen molar-refractivity contribution in [2.75, 3.05) is 32.2 Å². The molecule has 1 unspecified atom stereocenters. The molecule has 10 nitrogen and oxygen atoms in total. The van der Waals surface area contributed by atoms with Gasteiger partial charge in [-0.2, -0.15) is 0 Å². The standard InChI is InChI=1S/C16H19N3O7/c1-24-7-6-17-16(23)19-13(20)9-25-14(21)8-12-15(22)18-10-4-2-3-5-11(10)26-12/h2-5,12H,6-9H2,1H3,(H,18,22)(H2,17,19,20,23). The lowest BCUT2D eigenvalue weighted by atomic mass is 10.1. The average Bonchev–Trinajstić information content (AvgIpc) is 2.61. The predicted octanol–water partition coefficient (Wildman–Crippen LogP) is -0.208. The normalized spacial score (nSPS) is 15.1. The van der Waals surface area contributed by atoms with Crippen molar-refractivity contribution in [1.82, 2.24) is 10.6 Å². The molecule has 4 amide bonds. The average molecular weight is 365 g/mol. The zero-order chi connectivity index (χ0) is 18.9. The lowest BCUT2D eigenvalue weighted by Crippen LogP contribution is -2.43. The number of rotatable bonds is 7.